The molecular weight excluding hydrogens is 330 g/mol. The molecule has 0 aliphatic rings. The van der Waals surface area contributed by atoms with E-state index in [1.165, 1.54) is 6.92 Å². The second kappa shape index (κ2) is 6.65. The average molecular weight is 344 g/mol. The number of anilines is 1. The summed E-state index contributed by atoms with van der Waals surface area (Å²) in [5.41, 5.74) is 5.33. The van der Waals surface area contributed by atoms with Gasteiger partial charge in [-0.05, 0) is 31.0 Å². The highest BCUT2D eigenvalue weighted by Gasteiger charge is 2.40. The number of carbonyl (C=O) groups is 1. The molecule has 0 fully saturated rings. The van der Waals surface area contributed by atoms with E-state index in [9.17, 15) is 31.1 Å². The molecule has 0 aliphatic heterocycles. The number of alkyl halides is 6. The maximum absolute atomic E-state index is 12.8. The number of ether oxygens (including phenoxy) is 1. The van der Waals surface area contributed by atoms with Crippen LogP contribution in [0.2, 0.25) is 0 Å². The lowest BCUT2D eigenvalue weighted by atomic mass is 9.97. The second-order valence-electron chi connectivity index (χ2n) is 4.66. The summed E-state index contributed by atoms with van der Waals surface area (Å²) in [6.07, 6.45) is -10.7. The number of rotatable bonds is 4. The van der Waals surface area contributed by atoms with E-state index in [-0.39, 0.29) is 6.61 Å². The van der Waals surface area contributed by atoms with Gasteiger partial charge in [0.15, 0.2) is 0 Å². The Bertz CT molecular complexity index is 548. The van der Waals surface area contributed by atoms with Crippen LogP contribution in [0.25, 0.3) is 0 Å². The third-order valence-electron chi connectivity index (χ3n) is 2.90. The minimum absolute atomic E-state index is 0.0180. The maximum atomic E-state index is 12.8. The van der Waals surface area contributed by atoms with Gasteiger partial charge in [-0.2, -0.15) is 26.3 Å². The first-order valence-electron chi connectivity index (χ1n) is 6.37. The van der Waals surface area contributed by atoms with Gasteiger partial charge in [-0.1, -0.05) is 0 Å². The van der Waals surface area contributed by atoms with Gasteiger partial charge in [0.05, 0.1) is 23.4 Å². The molecule has 4 nitrogen and oxygen atoms in total. The lowest BCUT2D eigenvalue weighted by Crippen LogP contribution is -2.34. The van der Waals surface area contributed by atoms with Crippen LogP contribution in [0.3, 0.4) is 0 Å². The van der Waals surface area contributed by atoms with Gasteiger partial charge >= 0.3 is 18.3 Å². The summed E-state index contributed by atoms with van der Waals surface area (Å²) in [5.74, 6) is -0.925. The van der Waals surface area contributed by atoms with Crippen molar-refractivity contribution in [2.45, 2.75) is 31.7 Å². The molecule has 130 valence electrons. The van der Waals surface area contributed by atoms with Crippen molar-refractivity contribution < 1.29 is 35.9 Å². The van der Waals surface area contributed by atoms with Crippen LogP contribution in [0.4, 0.5) is 32.0 Å². The highest BCUT2D eigenvalue weighted by atomic mass is 19.4. The first-order chi connectivity index (χ1) is 10.4. The van der Waals surface area contributed by atoms with Gasteiger partial charge < -0.3 is 16.2 Å². The van der Waals surface area contributed by atoms with E-state index in [1.807, 2.05) is 0 Å². The van der Waals surface area contributed by atoms with E-state index in [0.29, 0.717) is 12.1 Å². The summed E-state index contributed by atoms with van der Waals surface area (Å²) in [4.78, 5) is 11.4. The van der Waals surface area contributed by atoms with Gasteiger partial charge in [-0.3, -0.25) is 4.79 Å². The van der Waals surface area contributed by atoms with Gasteiger partial charge in [-0.15, -0.1) is 0 Å². The van der Waals surface area contributed by atoms with Crippen molar-refractivity contribution >= 4 is 11.7 Å². The van der Waals surface area contributed by atoms with Gasteiger partial charge in [0.1, 0.15) is 6.04 Å². The number of benzene rings is 1. The zero-order valence-electron chi connectivity index (χ0n) is 11.9. The summed E-state index contributed by atoms with van der Waals surface area (Å²) in [6, 6.07) is -0.492. The molecule has 0 saturated heterocycles. The second-order valence-corrected chi connectivity index (χ2v) is 4.66. The molecule has 0 aliphatic carbocycles. The summed E-state index contributed by atoms with van der Waals surface area (Å²) in [5, 5.41) is 0. The van der Waals surface area contributed by atoms with E-state index in [1.54, 1.807) is 0 Å². The van der Waals surface area contributed by atoms with Crippen molar-refractivity contribution in [3.8, 4) is 0 Å². The fourth-order valence-corrected chi connectivity index (χ4v) is 1.89. The van der Waals surface area contributed by atoms with E-state index >= 15 is 0 Å². The molecule has 10 heteroatoms. The Morgan fingerprint density at radius 3 is 1.91 bits per heavy atom. The van der Waals surface area contributed by atoms with Crippen molar-refractivity contribution in [3.63, 3.8) is 0 Å². The number of halogens is 6. The Kier molecular flexibility index (Phi) is 5.51. The van der Waals surface area contributed by atoms with Crippen LogP contribution in [0.1, 0.15) is 23.6 Å². The third kappa shape index (κ3) is 4.75. The van der Waals surface area contributed by atoms with Gasteiger partial charge in [0, 0.05) is 0 Å². The Morgan fingerprint density at radius 2 is 1.57 bits per heavy atom. The van der Waals surface area contributed by atoms with E-state index in [0.717, 1.165) is 0 Å². The predicted molar refractivity (Wildman–Crippen MR) is 69.2 cm³/mol. The highest BCUT2D eigenvalue weighted by molar-refractivity contribution is 5.76. The lowest BCUT2D eigenvalue weighted by molar-refractivity contribution is -0.144. The summed E-state index contributed by atoms with van der Waals surface area (Å²) < 4.78 is 81.6. The molecule has 0 aromatic heterocycles. The van der Waals surface area contributed by atoms with Crippen LogP contribution in [-0.4, -0.2) is 18.6 Å². The minimum Gasteiger partial charge on any atom is -0.465 e. The summed E-state index contributed by atoms with van der Waals surface area (Å²) in [7, 11) is 0. The van der Waals surface area contributed by atoms with Crippen molar-refractivity contribution in [2.75, 3.05) is 12.3 Å². The number of hydrogen-bond acceptors (Lipinski definition) is 4. The van der Waals surface area contributed by atoms with Crippen molar-refractivity contribution in [3.05, 3.63) is 28.8 Å². The zero-order valence-corrected chi connectivity index (χ0v) is 11.9. The standard InChI is InChI=1S/C13H14F6N2O2/c1-2-23-11(22)9(20)5-6-3-7(12(14,15)16)10(21)8(4-6)13(17,18)19/h3-4,9H,2,5,20-21H2,1H3. The summed E-state index contributed by atoms with van der Waals surface area (Å²) in [6.45, 7) is 1.47. The Labute approximate surface area is 127 Å². The first-order valence-corrected chi connectivity index (χ1v) is 6.37. The quantitative estimate of drug-likeness (QED) is 0.500. The predicted octanol–water partition coefficient (Wildman–Crippen LogP) is 2.74. The third-order valence-corrected chi connectivity index (χ3v) is 2.90. The molecule has 0 bridgehead atoms. The molecule has 1 aromatic carbocycles. The number of esters is 1. The van der Waals surface area contributed by atoms with Gasteiger partial charge in [0.2, 0.25) is 0 Å². The van der Waals surface area contributed by atoms with Crippen LogP contribution >= 0.6 is 0 Å². The first kappa shape index (κ1) is 19.1. The molecule has 1 rings (SSSR count). The minimum atomic E-state index is -5.08. The Balaban J connectivity index is 3.31. The number of nitrogens with two attached hydrogens (primary N) is 2. The summed E-state index contributed by atoms with van der Waals surface area (Å²) >= 11 is 0. The van der Waals surface area contributed by atoms with Crippen LogP contribution in [-0.2, 0) is 28.3 Å². The number of nitrogen functional groups attached to an aromatic ring is 1. The van der Waals surface area contributed by atoms with Crippen molar-refractivity contribution in [1.82, 2.24) is 0 Å². The van der Waals surface area contributed by atoms with Crippen LogP contribution < -0.4 is 11.5 Å². The topological polar surface area (TPSA) is 78.3 Å². The normalized spacial score (nSPS) is 13.7. The van der Waals surface area contributed by atoms with Crippen LogP contribution in [0.15, 0.2) is 12.1 Å². The Hall–Kier alpha value is -1.97. The van der Waals surface area contributed by atoms with Crippen LogP contribution in [0, 0.1) is 0 Å². The molecule has 0 spiro atoms. The smallest absolute Gasteiger partial charge is 0.418 e. The van der Waals surface area contributed by atoms with Crippen molar-refractivity contribution in [2.24, 2.45) is 5.73 Å². The highest BCUT2D eigenvalue weighted by Crippen LogP contribution is 2.42. The Morgan fingerprint density at radius 1 is 1.13 bits per heavy atom. The fraction of sp³-hybridized carbons (Fsp3) is 0.462. The fourth-order valence-electron chi connectivity index (χ4n) is 1.89. The monoisotopic (exact) mass is 344 g/mol. The molecule has 1 unspecified atom stereocenters. The van der Waals surface area contributed by atoms with Gasteiger partial charge in [0.25, 0.3) is 0 Å². The molecule has 0 amide bonds. The number of hydrogen-bond donors (Lipinski definition) is 2. The average Bonchev–Trinajstić information content (AvgIpc) is 2.38. The van der Waals surface area contributed by atoms with Gasteiger partial charge in [-0.25, -0.2) is 0 Å². The molecule has 23 heavy (non-hydrogen) atoms. The van der Waals surface area contributed by atoms with Crippen molar-refractivity contribution in [1.29, 1.82) is 0 Å². The molecule has 4 N–H and O–H groups in total. The molecular formula is C13H14F6N2O2. The van der Waals surface area contributed by atoms with E-state index < -0.39 is 53.2 Å². The van der Waals surface area contributed by atoms with E-state index in [4.69, 9.17) is 11.5 Å². The number of carbonyl (C=O) groups excluding carboxylic acids is 1. The largest absolute Gasteiger partial charge is 0.465 e. The SMILES string of the molecule is CCOC(=O)C(N)Cc1cc(C(F)(F)F)c(N)c(C(F)(F)F)c1. The zero-order chi connectivity index (χ0) is 18.0. The molecule has 0 radical (unpaired) electrons. The van der Waals surface area contributed by atoms with Crippen LogP contribution in [0.5, 0.6) is 0 Å². The maximum Gasteiger partial charge on any atom is 0.418 e. The lowest BCUT2D eigenvalue weighted by Gasteiger charge is -2.19. The molecule has 0 saturated carbocycles. The molecule has 1 atom stereocenters. The molecule has 0 heterocycles. The molecule has 1 aromatic rings. The van der Waals surface area contributed by atoms with E-state index in [2.05, 4.69) is 4.74 Å².